The zero-order valence-electron chi connectivity index (χ0n) is 18.5. The Bertz CT molecular complexity index is 1010. The van der Waals surface area contributed by atoms with Crippen molar-refractivity contribution < 1.29 is 17.9 Å². The molecule has 0 atom stereocenters. The highest BCUT2D eigenvalue weighted by atomic mass is 32.2. The second-order valence-corrected chi connectivity index (χ2v) is 10.1. The Balaban J connectivity index is 1.31. The van der Waals surface area contributed by atoms with Crippen LogP contribution in [0.4, 0.5) is 5.69 Å². The van der Waals surface area contributed by atoms with Crippen molar-refractivity contribution in [2.45, 2.75) is 24.7 Å². The molecule has 2 aromatic rings. The first-order valence-electron chi connectivity index (χ1n) is 11.3. The first-order chi connectivity index (χ1) is 15.5. The van der Waals surface area contributed by atoms with Gasteiger partial charge in [0.25, 0.3) is 0 Å². The highest BCUT2D eigenvalue weighted by molar-refractivity contribution is 7.89. The lowest BCUT2D eigenvalue weighted by molar-refractivity contribution is -0.137. The van der Waals surface area contributed by atoms with Crippen molar-refractivity contribution in [3.05, 3.63) is 54.6 Å². The van der Waals surface area contributed by atoms with Crippen LogP contribution in [0.1, 0.15) is 19.8 Å². The molecule has 8 heteroatoms. The standard InChI is InChI=1S/C24H31N3O4S/c1-2-31-23-11-7-6-10-22(23)25-16-18-26(19-17-25)24(28)20-12-14-27(15-13-20)32(29,30)21-8-4-3-5-9-21/h3-11,20H,2,12-19H2,1H3. The number of sulfonamides is 1. The molecule has 32 heavy (non-hydrogen) atoms. The lowest BCUT2D eigenvalue weighted by Gasteiger charge is -2.39. The SMILES string of the molecule is CCOc1ccccc1N1CCN(C(=O)C2CCN(S(=O)(=O)c3ccccc3)CC2)CC1. The quantitative estimate of drug-likeness (QED) is 0.667. The van der Waals surface area contributed by atoms with E-state index in [-0.39, 0.29) is 11.8 Å². The number of nitrogens with zero attached hydrogens (tertiary/aromatic N) is 3. The Labute approximate surface area is 190 Å². The largest absolute Gasteiger partial charge is 0.492 e. The summed E-state index contributed by atoms with van der Waals surface area (Å²) in [5.41, 5.74) is 1.07. The molecule has 2 aromatic carbocycles. The second-order valence-electron chi connectivity index (χ2n) is 8.20. The number of piperidine rings is 1. The van der Waals surface area contributed by atoms with Crippen molar-refractivity contribution in [1.29, 1.82) is 0 Å². The number of carbonyl (C=O) groups is 1. The molecule has 0 aliphatic carbocycles. The first kappa shape index (κ1) is 22.6. The Morgan fingerprint density at radius 3 is 2.19 bits per heavy atom. The molecule has 172 valence electrons. The van der Waals surface area contributed by atoms with E-state index >= 15 is 0 Å². The average molecular weight is 458 g/mol. The fourth-order valence-electron chi connectivity index (χ4n) is 4.51. The zero-order valence-corrected chi connectivity index (χ0v) is 19.3. The molecule has 4 rings (SSSR count). The summed E-state index contributed by atoms with van der Waals surface area (Å²) in [5.74, 6) is 0.917. The van der Waals surface area contributed by atoms with Gasteiger partial charge in [-0.15, -0.1) is 0 Å². The molecule has 1 amide bonds. The summed E-state index contributed by atoms with van der Waals surface area (Å²) in [7, 11) is -3.49. The van der Waals surface area contributed by atoms with Crippen LogP contribution in [0.3, 0.4) is 0 Å². The topological polar surface area (TPSA) is 70.2 Å². The van der Waals surface area contributed by atoms with Crippen molar-refractivity contribution in [3.63, 3.8) is 0 Å². The number of piperazine rings is 1. The van der Waals surface area contributed by atoms with E-state index in [9.17, 15) is 13.2 Å². The predicted octanol–water partition coefficient (Wildman–Crippen LogP) is 2.83. The molecule has 2 heterocycles. The normalized spacial score (nSPS) is 18.5. The number of rotatable bonds is 6. The Kier molecular flexibility index (Phi) is 7.01. The van der Waals surface area contributed by atoms with Crippen molar-refractivity contribution in [2.24, 2.45) is 5.92 Å². The van der Waals surface area contributed by atoms with Crippen LogP contribution in [0.15, 0.2) is 59.5 Å². The van der Waals surface area contributed by atoms with E-state index < -0.39 is 10.0 Å². The zero-order chi connectivity index (χ0) is 22.6. The van der Waals surface area contributed by atoms with Crippen LogP contribution in [0.25, 0.3) is 0 Å². The molecular weight excluding hydrogens is 426 g/mol. The van der Waals surface area contributed by atoms with Gasteiger partial charge in [0, 0.05) is 45.2 Å². The molecule has 0 saturated carbocycles. The third kappa shape index (κ3) is 4.76. The molecule has 0 N–H and O–H groups in total. The summed E-state index contributed by atoms with van der Waals surface area (Å²) in [6, 6.07) is 16.5. The smallest absolute Gasteiger partial charge is 0.243 e. The average Bonchev–Trinajstić information content (AvgIpc) is 2.85. The number of ether oxygens (including phenoxy) is 1. The third-order valence-corrected chi connectivity index (χ3v) is 8.19. The van der Waals surface area contributed by atoms with Crippen LogP contribution >= 0.6 is 0 Å². The van der Waals surface area contributed by atoms with Gasteiger partial charge in [-0.05, 0) is 44.0 Å². The number of benzene rings is 2. The summed E-state index contributed by atoms with van der Waals surface area (Å²) in [4.78, 5) is 17.6. The number of carbonyl (C=O) groups excluding carboxylic acids is 1. The number of hydrogen-bond acceptors (Lipinski definition) is 5. The fourth-order valence-corrected chi connectivity index (χ4v) is 6.00. The summed E-state index contributed by atoms with van der Waals surface area (Å²) < 4.78 is 32.9. The highest BCUT2D eigenvalue weighted by Crippen LogP contribution is 2.30. The molecule has 2 aliphatic heterocycles. The van der Waals surface area contributed by atoms with Crippen molar-refractivity contribution >= 4 is 21.6 Å². The van der Waals surface area contributed by atoms with E-state index in [0.717, 1.165) is 24.5 Å². The molecule has 7 nitrogen and oxygen atoms in total. The van der Waals surface area contributed by atoms with E-state index in [2.05, 4.69) is 11.0 Å². The molecule has 2 fully saturated rings. The Hall–Kier alpha value is -2.58. The summed E-state index contributed by atoms with van der Waals surface area (Å²) >= 11 is 0. The van der Waals surface area contributed by atoms with Crippen LogP contribution in [0.2, 0.25) is 0 Å². The maximum atomic E-state index is 13.1. The maximum absolute atomic E-state index is 13.1. The van der Waals surface area contributed by atoms with E-state index in [1.54, 1.807) is 30.3 Å². The summed E-state index contributed by atoms with van der Waals surface area (Å²) in [6.45, 7) is 6.22. The molecular formula is C24H31N3O4S. The Morgan fingerprint density at radius 1 is 0.906 bits per heavy atom. The second kappa shape index (κ2) is 9.92. The number of amides is 1. The van der Waals surface area contributed by atoms with Gasteiger partial charge in [-0.1, -0.05) is 30.3 Å². The molecule has 0 spiro atoms. The first-order valence-corrected chi connectivity index (χ1v) is 12.8. The fraction of sp³-hybridized carbons (Fsp3) is 0.458. The summed E-state index contributed by atoms with van der Waals surface area (Å²) in [6.07, 6.45) is 1.14. The van der Waals surface area contributed by atoms with Gasteiger partial charge in [-0.2, -0.15) is 4.31 Å². The van der Waals surface area contributed by atoms with E-state index in [4.69, 9.17) is 4.74 Å². The van der Waals surface area contributed by atoms with Crippen molar-refractivity contribution in [1.82, 2.24) is 9.21 Å². The third-order valence-electron chi connectivity index (χ3n) is 6.28. The van der Waals surface area contributed by atoms with Gasteiger partial charge >= 0.3 is 0 Å². The van der Waals surface area contributed by atoms with Crippen molar-refractivity contribution in [2.75, 3.05) is 50.8 Å². The van der Waals surface area contributed by atoms with Crippen molar-refractivity contribution in [3.8, 4) is 5.75 Å². The predicted molar refractivity (Wildman–Crippen MR) is 124 cm³/mol. The van der Waals surface area contributed by atoms with Gasteiger partial charge in [0.05, 0.1) is 17.2 Å². The van der Waals surface area contributed by atoms with Crippen LogP contribution in [0.5, 0.6) is 5.75 Å². The number of anilines is 1. The molecule has 0 bridgehead atoms. The lowest BCUT2D eigenvalue weighted by Crippen LogP contribution is -2.52. The van der Waals surface area contributed by atoms with Gasteiger partial charge in [-0.25, -0.2) is 8.42 Å². The van der Waals surface area contributed by atoms with Gasteiger partial charge in [0.2, 0.25) is 15.9 Å². The van der Waals surface area contributed by atoms with Gasteiger partial charge in [-0.3, -0.25) is 4.79 Å². The van der Waals surface area contributed by atoms with E-state index in [0.29, 0.717) is 50.5 Å². The van der Waals surface area contributed by atoms with Crippen LogP contribution in [-0.2, 0) is 14.8 Å². The van der Waals surface area contributed by atoms with Crippen LogP contribution < -0.4 is 9.64 Å². The van der Waals surface area contributed by atoms with Crippen LogP contribution in [-0.4, -0.2) is 69.4 Å². The highest BCUT2D eigenvalue weighted by Gasteiger charge is 2.34. The molecule has 2 aliphatic rings. The number of hydrogen-bond donors (Lipinski definition) is 0. The Morgan fingerprint density at radius 2 is 1.53 bits per heavy atom. The minimum Gasteiger partial charge on any atom is -0.492 e. The lowest BCUT2D eigenvalue weighted by atomic mass is 9.96. The van der Waals surface area contributed by atoms with Gasteiger partial charge < -0.3 is 14.5 Å². The number of para-hydroxylation sites is 2. The maximum Gasteiger partial charge on any atom is 0.243 e. The molecule has 2 saturated heterocycles. The monoisotopic (exact) mass is 457 g/mol. The van der Waals surface area contributed by atoms with Gasteiger partial charge in [0.15, 0.2) is 0 Å². The van der Waals surface area contributed by atoms with E-state index in [1.807, 2.05) is 30.0 Å². The molecule has 0 aromatic heterocycles. The molecule has 0 unspecified atom stereocenters. The van der Waals surface area contributed by atoms with Gasteiger partial charge in [0.1, 0.15) is 5.75 Å². The summed E-state index contributed by atoms with van der Waals surface area (Å²) in [5, 5.41) is 0. The minimum atomic E-state index is -3.49. The van der Waals surface area contributed by atoms with Crippen LogP contribution in [0, 0.1) is 5.92 Å². The van der Waals surface area contributed by atoms with E-state index in [1.165, 1.54) is 4.31 Å². The minimum absolute atomic E-state index is 0.112. The molecule has 0 radical (unpaired) electrons.